The lowest BCUT2D eigenvalue weighted by atomic mass is 10.1. The zero-order valence-corrected chi connectivity index (χ0v) is 10.6. The number of benzene rings is 2. The predicted octanol–water partition coefficient (Wildman–Crippen LogP) is 2.80. The Hall–Kier alpha value is -3.09. The molecule has 0 aromatic heterocycles. The Balaban J connectivity index is 2.32. The molecule has 0 fully saturated rings. The molecular weight excluding hydrogens is 279 g/mol. The van der Waals surface area contributed by atoms with Crippen molar-refractivity contribution in [1.29, 1.82) is 0 Å². The molecule has 0 spiro atoms. The van der Waals surface area contributed by atoms with Crippen molar-refractivity contribution in [2.24, 2.45) is 0 Å². The maximum atomic E-state index is 13.0. The Labute approximate surface area is 118 Å². The van der Waals surface area contributed by atoms with Gasteiger partial charge in [-0.15, -0.1) is 0 Å². The molecule has 7 heteroatoms. The summed E-state index contributed by atoms with van der Waals surface area (Å²) in [6.07, 6.45) is 0.607. The minimum absolute atomic E-state index is 0.266. The van der Waals surface area contributed by atoms with E-state index >= 15 is 0 Å². The Morgan fingerprint density at radius 2 is 2.00 bits per heavy atom. The summed E-state index contributed by atoms with van der Waals surface area (Å²) in [5, 5.41) is 13.3. The molecule has 0 aliphatic heterocycles. The van der Waals surface area contributed by atoms with Crippen LogP contribution in [-0.4, -0.2) is 17.1 Å². The van der Waals surface area contributed by atoms with Crippen LogP contribution < -0.4 is 5.32 Å². The standard InChI is InChI=1S/C14H9FN2O4/c15-10-4-5-12(13(7-10)17(20)21)14(19)16-11-3-1-2-9(6-11)8-18/h1-8H,(H,16,19). The smallest absolute Gasteiger partial charge is 0.285 e. The zero-order valence-electron chi connectivity index (χ0n) is 10.6. The first-order chi connectivity index (χ1) is 10.0. The molecule has 21 heavy (non-hydrogen) atoms. The second kappa shape index (κ2) is 5.91. The van der Waals surface area contributed by atoms with E-state index in [0.29, 0.717) is 23.6 Å². The Morgan fingerprint density at radius 3 is 2.67 bits per heavy atom. The topological polar surface area (TPSA) is 89.3 Å². The largest absolute Gasteiger partial charge is 0.322 e. The van der Waals surface area contributed by atoms with E-state index in [4.69, 9.17) is 0 Å². The van der Waals surface area contributed by atoms with Crippen LogP contribution in [0.5, 0.6) is 0 Å². The van der Waals surface area contributed by atoms with Crippen molar-refractivity contribution in [3.8, 4) is 0 Å². The van der Waals surface area contributed by atoms with Gasteiger partial charge in [0.05, 0.1) is 11.0 Å². The molecule has 0 saturated carbocycles. The summed E-state index contributed by atoms with van der Waals surface area (Å²) in [5.41, 5.74) is -0.235. The van der Waals surface area contributed by atoms with Crippen molar-refractivity contribution in [3.63, 3.8) is 0 Å². The van der Waals surface area contributed by atoms with Gasteiger partial charge in [0.25, 0.3) is 11.6 Å². The molecule has 0 aliphatic carbocycles. The van der Waals surface area contributed by atoms with Crippen LogP contribution in [0.2, 0.25) is 0 Å². The molecule has 2 rings (SSSR count). The highest BCUT2D eigenvalue weighted by Gasteiger charge is 2.21. The van der Waals surface area contributed by atoms with Crippen molar-refractivity contribution in [2.45, 2.75) is 0 Å². The molecule has 1 N–H and O–H groups in total. The molecule has 0 atom stereocenters. The van der Waals surface area contributed by atoms with Gasteiger partial charge in [-0.25, -0.2) is 4.39 Å². The second-order valence-corrected chi connectivity index (χ2v) is 4.12. The third-order valence-corrected chi connectivity index (χ3v) is 2.68. The fourth-order valence-electron chi connectivity index (χ4n) is 1.74. The van der Waals surface area contributed by atoms with Gasteiger partial charge in [-0.1, -0.05) is 12.1 Å². The first-order valence-electron chi connectivity index (χ1n) is 5.82. The first kappa shape index (κ1) is 14.3. The third kappa shape index (κ3) is 3.27. The number of carbonyl (C=O) groups excluding carboxylic acids is 2. The number of hydrogen-bond donors (Lipinski definition) is 1. The van der Waals surface area contributed by atoms with Gasteiger partial charge in [0.1, 0.15) is 17.7 Å². The number of hydrogen-bond acceptors (Lipinski definition) is 4. The fourth-order valence-corrected chi connectivity index (χ4v) is 1.74. The quantitative estimate of drug-likeness (QED) is 0.532. The third-order valence-electron chi connectivity index (χ3n) is 2.68. The summed E-state index contributed by atoms with van der Waals surface area (Å²) >= 11 is 0. The molecular formula is C14H9FN2O4. The predicted molar refractivity (Wildman–Crippen MR) is 72.8 cm³/mol. The number of carbonyl (C=O) groups is 2. The van der Waals surface area contributed by atoms with E-state index in [2.05, 4.69) is 5.32 Å². The van der Waals surface area contributed by atoms with Crippen molar-refractivity contribution in [1.82, 2.24) is 0 Å². The maximum Gasteiger partial charge on any atom is 0.285 e. The van der Waals surface area contributed by atoms with Crippen molar-refractivity contribution >= 4 is 23.6 Å². The van der Waals surface area contributed by atoms with Gasteiger partial charge < -0.3 is 5.32 Å². The molecule has 0 bridgehead atoms. The maximum absolute atomic E-state index is 13.0. The summed E-state index contributed by atoms with van der Waals surface area (Å²) in [7, 11) is 0. The molecule has 2 aromatic carbocycles. The van der Waals surface area contributed by atoms with E-state index in [9.17, 15) is 24.1 Å². The number of nitrogens with one attached hydrogen (secondary N) is 1. The number of anilines is 1. The van der Waals surface area contributed by atoms with Crippen molar-refractivity contribution < 1.29 is 18.9 Å². The lowest BCUT2D eigenvalue weighted by Gasteiger charge is -2.06. The van der Waals surface area contributed by atoms with Crippen LogP contribution in [0.15, 0.2) is 42.5 Å². The zero-order chi connectivity index (χ0) is 15.4. The van der Waals surface area contributed by atoms with Gasteiger partial charge in [-0.2, -0.15) is 0 Å². The number of nitrogens with zero attached hydrogens (tertiary/aromatic N) is 1. The van der Waals surface area contributed by atoms with Crippen LogP contribution in [0.1, 0.15) is 20.7 Å². The summed E-state index contributed by atoms with van der Waals surface area (Å²) in [4.78, 5) is 32.7. The average Bonchev–Trinajstić information content (AvgIpc) is 2.47. The molecule has 2 aromatic rings. The lowest BCUT2D eigenvalue weighted by Crippen LogP contribution is -2.14. The van der Waals surface area contributed by atoms with E-state index in [1.54, 1.807) is 12.1 Å². The van der Waals surface area contributed by atoms with Gasteiger partial charge in [-0.05, 0) is 24.3 Å². The first-order valence-corrected chi connectivity index (χ1v) is 5.82. The summed E-state index contributed by atoms with van der Waals surface area (Å²) in [6, 6.07) is 8.72. The van der Waals surface area contributed by atoms with E-state index in [0.717, 1.165) is 12.1 Å². The number of nitro benzene ring substituents is 1. The molecule has 0 unspecified atom stereocenters. The van der Waals surface area contributed by atoms with Crippen LogP contribution in [0, 0.1) is 15.9 Å². The summed E-state index contributed by atoms with van der Waals surface area (Å²) < 4.78 is 13.0. The molecule has 0 aliphatic rings. The highest BCUT2D eigenvalue weighted by Crippen LogP contribution is 2.21. The van der Waals surface area contributed by atoms with Gasteiger partial charge in [0.2, 0.25) is 0 Å². The van der Waals surface area contributed by atoms with Crippen LogP contribution in [0.25, 0.3) is 0 Å². The van der Waals surface area contributed by atoms with Crippen LogP contribution >= 0.6 is 0 Å². The number of aldehydes is 1. The number of halogens is 1. The van der Waals surface area contributed by atoms with E-state index in [1.807, 2.05) is 0 Å². The minimum Gasteiger partial charge on any atom is -0.322 e. The van der Waals surface area contributed by atoms with Gasteiger partial charge in [-0.3, -0.25) is 19.7 Å². The van der Waals surface area contributed by atoms with E-state index in [-0.39, 0.29) is 5.56 Å². The van der Waals surface area contributed by atoms with Crippen molar-refractivity contribution in [2.75, 3.05) is 5.32 Å². The van der Waals surface area contributed by atoms with Gasteiger partial charge in [0, 0.05) is 11.3 Å². The molecule has 0 heterocycles. The monoisotopic (exact) mass is 288 g/mol. The Bertz CT molecular complexity index is 731. The lowest BCUT2D eigenvalue weighted by molar-refractivity contribution is -0.385. The second-order valence-electron chi connectivity index (χ2n) is 4.12. The van der Waals surface area contributed by atoms with Crippen LogP contribution in [-0.2, 0) is 0 Å². The number of nitro groups is 1. The Kier molecular flexibility index (Phi) is 4.03. The summed E-state index contributed by atoms with van der Waals surface area (Å²) in [5.74, 6) is -1.56. The molecule has 6 nitrogen and oxygen atoms in total. The highest BCUT2D eigenvalue weighted by atomic mass is 19.1. The van der Waals surface area contributed by atoms with Gasteiger partial charge in [0.15, 0.2) is 0 Å². The molecule has 0 saturated heterocycles. The number of amides is 1. The number of rotatable bonds is 4. The summed E-state index contributed by atoms with van der Waals surface area (Å²) in [6.45, 7) is 0. The van der Waals surface area contributed by atoms with Crippen LogP contribution in [0.3, 0.4) is 0 Å². The Morgan fingerprint density at radius 1 is 1.24 bits per heavy atom. The van der Waals surface area contributed by atoms with E-state index in [1.165, 1.54) is 12.1 Å². The average molecular weight is 288 g/mol. The van der Waals surface area contributed by atoms with Crippen LogP contribution in [0.4, 0.5) is 15.8 Å². The highest BCUT2D eigenvalue weighted by molar-refractivity contribution is 6.07. The van der Waals surface area contributed by atoms with E-state index < -0.39 is 22.3 Å². The molecule has 1 amide bonds. The molecule has 106 valence electrons. The SMILES string of the molecule is O=Cc1cccc(NC(=O)c2ccc(F)cc2[N+](=O)[O-])c1. The normalized spacial score (nSPS) is 9.95. The minimum atomic E-state index is -0.833. The molecule has 0 radical (unpaired) electrons. The fraction of sp³-hybridized carbons (Fsp3) is 0. The van der Waals surface area contributed by atoms with Gasteiger partial charge >= 0.3 is 0 Å². The van der Waals surface area contributed by atoms with Crippen molar-refractivity contribution in [3.05, 3.63) is 69.5 Å².